The Labute approximate surface area is 207 Å². The van der Waals surface area contributed by atoms with Gasteiger partial charge in [0.2, 0.25) is 0 Å². The first-order valence-electron chi connectivity index (χ1n) is 11.2. The fourth-order valence-corrected chi connectivity index (χ4v) is 3.53. The van der Waals surface area contributed by atoms with Crippen LogP contribution in [-0.2, 0) is 6.61 Å². The van der Waals surface area contributed by atoms with Crippen LogP contribution >= 0.6 is 0 Å². The molecule has 0 aliphatic carbocycles. The maximum atomic E-state index is 12.5. The van der Waals surface area contributed by atoms with Crippen molar-refractivity contribution in [2.24, 2.45) is 5.10 Å². The van der Waals surface area contributed by atoms with Gasteiger partial charge in [0.05, 0.1) is 23.9 Å². The first-order valence-corrected chi connectivity index (χ1v) is 11.2. The third-order valence-electron chi connectivity index (χ3n) is 5.35. The zero-order valence-corrected chi connectivity index (χ0v) is 19.5. The van der Waals surface area contributed by atoms with Crippen LogP contribution in [0.5, 0.6) is 17.2 Å². The van der Waals surface area contributed by atoms with Gasteiger partial charge in [0, 0.05) is 0 Å². The summed E-state index contributed by atoms with van der Waals surface area (Å²) in [5.74, 6) is -0.625. The highest BCUT2D eigenvalue weighted by Crippen LogP contribution is 2.29. The highest BCUT2D eigenvalue weighted by molar-refractivity contribution is 6.01. The monoisotopic (exact) mass is 484 g/mol. The standard InChI is InChI=1S/C28H24N2O6/c1-2-35-26-13-19(9-12-25(26)36-17-18-7-10-20(11-8-18)28(33)34)16-29-30-27(32)23-14-21-5-3-4-6-22(21)15-24(23)31/h3-16,31H,2,17H2,1H3,(H,30,32)(H,33,34). The molecule has 182 valence electrons. The molecular weight excluding hydrogens is 460 g/mol. The van der Waals surface area contributed by atoms with E-state index >= 15 is 0 Å². The number of nitrogens with zero attached hydrogens (tertiary/aromatic N) is 1. The number of ether oxygens (including phenoxy) is 2. The van der Waals surface area contributed by atoms with E-state index < -0.39 is 11.9 Å². The van der Waals surface area contributed by atoms with Gasteiger partial charge in [-0.2, -0.15) is 5.10 Å². The average Bonchev–Trinajstić information content (AvgIpc) is 2.88. The van der Waals surface area contributed by atoms with Crippen molar-refractivity contribution < 1.29 is 29.3 Å². The van der Waals surface area contributed by atoms with Gasteiger partial charge in [-0.1, -0.05) is 36.4 Å². The van der Waals surface area contributed by atoms with Crippen molar-refractivity contribution >= 4 is 28.9 Å². The van der Waals surface area contributed by atoms with Crippen molar-refractivity contribution in [2.75, 3.05) is 6.61 Å². The molecule has 0 aliphatic rings. The molecule has 0 bridgehead atoms. The number of phenolic OH excluding ortho intramolecular Hbond substituents is 1. The van der Waals surface area contributed by atoms with Crippen molar-refractivity contribution in [1.82, 2.24) is 5.43 Å². The van der Waals surface area contributed by atoms with Gasteiger partial charge in [-0.05, 0) is 71.3 Å². The van der Waals surface area contributed by atoms with Crippen molar-refractivity contribution in [2.45, 2.75) is 13.5 Å². The summed E-state index contributed by atoms with van der Waals surface area (Å²) >= 11 is 0. The van der Waals surface area contributed by atoms with Crippen LogP contribution < -0.4 is 14.9 Å². The molecule has 8 heteroatoms. The van der Waals surface area contributed by atoms with Gasteiger partial charge in [0.15, 0.2) is 11.5 Å². The van der Waals surface area contributed by atoms with Gasteiger partial charge < -0.3 is 19.7 Å². The van der Waals surface area contributed by atoms with Crippen LogP contribution in [0.1, 0.15) is 38.8 Å². The second-order valence-corrected chi connectivity index (χ2v) is 7.85. The van der Waals surface area contributed by atoms with Crippen LogP contribution in [0.15, 0.2) is 84.0 Å². The van der Waals surface area contributed by atoms with Crippen LogP contribution in [0.25, 0.3) is 10.8 Å². The molecule has 0 fully saturated rings. The second-order valence-electron chi connectivity index (χ2n) is 7.85. The summed E-state index contributed by atoms with van der Waals surface area (Å²) in [5.41, 5.74) is 4.25. The van der Waals surface area contributed by atoms with E-state index in [9.17, 15) is 14.7 Å². The van der Waals surface area contributed by atoms with E-state index in [0.29, 0.717) is 23.7 Å². The molecule has 0 aliphatic heterocycles. The molecule has 4 rings (SSSR count). The van der Waals surface area contributed by atoms with Crippen LogP contribution in [0.2, 0.25) is 0 Å². The molecule has 0 unspecified atom stereocenters. The summed E-state index contributed by atoms with van der Waals surface area (Å²) in [4.78, 5) is 23.5. The number of hydrogen-bond donors (Lipinski definition) is 3. The largest absolute Gasteiger partial charge is 0.507 e. The van der Waals surface area contributed by atoms with E-state index in [1.165, 1.54) is 18.3 Å². The molecule has 0 aromatic heterocycles. The minimum atomic E-state index is -0.983. The molecule has 0 spiro atoms. The lowest BCUT2D eigenvalue weighted by Gasteiger charge is -2.13. The molecular formula is C28H24N2O6. The number of carboxylic acids is 1. The summed E-state index contributed by atoms with van der Waals surface area (Å²) in [6.45, 7) is 2.51. The summed E-state index contributed by atoms with van der Waals surface area (Å²) in [6, 6.07) is 22.2. The Morgan fingerprint density at radius 1 is 0.917 bits per heavy atom. The van der Waals surface area contributed by atoms with Gasteiger partial charge in [-0.15, -0.1) is 0 Å². The number of nitrogens with one attached hydrogen (secondary N) is 1. The third-order valence-corrected chi connectivity index (χ3v) is 5.35. The zero-order chi connectivity index (χ0) is 25.5. The van der Waals surface area contributed by atoms with Crippen molar-refractivity contribution in [3.05, 3.63) is 101 Å². The highest BCUT2D eigenvalue weighted by atomic mass is 16.5. The van der Waals surface area contributed by atoms with E-state index in [-0.39, 0.29) is 23.5 Å². The maximum absolute atomic E-state index is 12.5. The van der Waals surface area contributed by atoms with E-state index in [1.54, 1.807) is 42.5 Å². The normalized spacial score (nSPS) is 10.9. The van der Waals surface area contributed by atoms with Gasteiger partial charge in [0.1, 0.15) is 12.4 Å². The molecule has 8 nitrogen and oxygen atoms in total. The van der Waals surface area contributed by atoms with Crippen LogP contribution in [0.3, 0.4) is 0 Å². The Balaban J connectivity index is 1.42. The van der Waals surface area contributed by atoms with E-state index in [0.717, 1.165) is 16.3 Å². The topological polar surface area (TPSA) is 117 Å². The lowest BCUT2D eigenvalue weighted by Crippen LogP contribution is -2.17. The lowest BCUT2D eigenvalue weighted by molar-refractivity contribution is 0.0696. The number of phenols is 1. The Bertz CT molecular complexity index is 1430. The number of aromatic hydroxyl groups is 1. The fraction of sp³-hybridized carbons (Fsp3) is 0.107. The molecule has 4 aromatic rings. The Morgan fingerprint density at radius 3 is 2.33 bits per heavy atom. The molecule has 0 heterocycles. The van der Waals surface area contributed by atoms with Crippen molar-refractivity contribution in [1.29, 1.82) is 0 Å². The average molecular weight is 485 g/mol. The number of aromatic carboxylic acids is 1. The number of fused-ring (bicyclic) bond motifs is 1. The lowest BCUT2D eigenvalue weighted by atomic mass is 10.1. The highest BCUT2D eigenvalue weighted by Gasteiger charge is 2.12. The summed E-state index contributed by atoms with van der Waals surface area (Å²) in [7, 11) is 0. The Kier molecular flexibility index (Phi) is 7.45. The minimum Gasteiger partial charge on any atom is -0.507 e. The van der Waals surface area contributed by atoms with Crippen molar-refractivity contribution in [3.8, 4) is 17.2 Å². The number of amides is 1. The molecule has 36 heavy (non-hydrogen) atoms. The van der Waals surface area contributed by atoms with Gasteiger partial charge >= 0.3 is 5.97 Å². The second kappa shape index (κ2) is 11.1. The first-order chi connectivity index (χ1) is 17.4. The number of rotatable bonds is 9. The summed E-state index contributed by atoms with van der Waals surface area (Å²) < 4.78 is 11.6. The summed E-state index contributed by atoms with van der Waals surface area (Å²) in [5, 5.41) is 24.9. The predicted octanol–water partition coefficient (Wildman–Crippen LogP) is 4.99. The van der Waals surface area contributed by atoms with E-state index in [1.807, 2.05) is 31.2 Å². The van der Waals surface area contributed by atoms with E-state index in [2.05, 4.69) is 10.5 Å². The van der Waals surface area contributed by atoms with Crippen LogP contribution in [0.4, 0.5) is 0 Å². The molecule has 3 N–H and O–H groups in total. The number of benzene rings is 4. The quantitative estimate of drug-likeness (QED) is 0.228. The number of carboxylic acid groups (broad SMARTS) is 1. The predicted molar refractivity (Wildman–Crippen MR) is 136 cm³/mol. The minimum absolute atomic E-state index is 0.126. The SMILES string of the molecule is CCOc1cc(C=NNC(=O)c2cc3ccccc3cc2O)ccc1OCc1ccc(C(=O)O)cc1. The molecule has 1 amide bonds. The van der Waals surface area contributed by atoms with Gasteiger partial charge in [0.25, 0.3) is 5.91 Å². The molecule has 4 aromatic carbocycles. The number of hydrogen-bond acceptors (Lipinski definition) is 6. The number of carbonyl (C=O) groups excluding carboxylic acids is 1. The van der Waals surface area contributed by atoms with Gasteiger partial charge in [-0.3, -0.25) is 4.79 Å². The van der Waals surface area contributed by atoms with E-state index in [4.69, 9.17) is 14.6 Å². The van der Waals surface area contributed by atoms with Gasteiger partial charge in [-0.25, -0.2) is 10.2 Å². The smallest absolute Gasteiger partial charge is 0.335 e. The maximum Gasteiger partial charge on any atom is 0.335 e. The molecule has 0 saturated heterocycles. The molecule has 0 radical (unpaired) electrons. The first kappa shape index (κ1) is 24.3. The molecule has 0 atom stereocenters. The number of hydrazone groups is 1. The van der Waals surface area contributed by atoms with Crippen LogP contribution in [0, 0.1) is 0 Å². The molecule has 0 saturated carbocycles. The Morgan fingerprint density at radius 2 is 1.64 bits per heavy atom. The number of carbonyl (C=O) groups is 2. The fourth-order valence-electron chi connectivity index (χ4n) is 3.53. The van der Waals surface area contributed by atoms with Crippen molar-refractivity contribution in [3.63, 3.8) is 0 Å². The Hall–Kier alpha value is -4.85. The van der Waals surface area contributed by atoms with Crippen LogP contribution in [-0.4, -0.2) is 34.9 Å². The summed E-state index contributed by atoms with van der Waals surface area (Å²) in [6.07, 6.45) is 1.47. The third kappa shape index (κ3) is 5.79. The zero-order valence-electron chi connectivity index (χ0n) is 19.5.